The first-order valence-electron chi connectivity index (χ1n) is 9.51. The first kappa shape index (κ1) is 21.9. The predicted molar refractivity (Wildman–Crippen MR) is 119 cm³/mol. The van der Waals surface area contributed by atoms with Crippen LogP contribution in [-0.2, 0) is 11.4 Å². The molecule has 10 nitrogen and oxygen atoms in total. The number of aromatic nitrogens is 3. The minimum atomic E-state index is -0.286. The van der Waals surface area contributed by atoms with Crippen LogP contribution in [0.1, 0.15) is 5.82 Å². The van der Waals surface area contributed by atoms with Crippen LogP contribution < -0.4 is 30.1 Å². The second-order valence-corrected chi connectivity index (χ2v) is 7.90. The minimum absolute atomic E-state index is 0.0524. The molecule has 0 saturated heterocycles. The van der Waals surface area contributed by atoms with Crippen LogP contribution in [0.2, 0.25) is 5.02 Å². The lowest BCUT2D eigenvalue weighted by Gasteiger charge is -2.20. The van der Waals surface area contributed by atoms with Crippen molar-refractivity contribution in [1.29, 1.82) is 0 Å². The smallest absolute Gasteiger partial charge is 0.234 e. The average Bonchev–Trinajstić information content (AvgIpc) is 3.16. The van der Waals surface area contributed by atoms with E-state index in [9.17, 15) is 4.79 Å². The Morgan fingerprint density at radius 1 is 1.22 bits per heavy atom. The van der Waals surface area contributed by atoms with Crippen LogP contribution in [0.5, 0.6) is 23.0 Å². The molecule has 0 spiro atoms. The van der Waals surface area contributed by atoms with Crippen LogP contribution in [0.25, 0.3) is 0 Å². The van der Waals surface area contributed by atoms with Gasteiger partial charge in [0.05, 0.1) is 23.6 Å². The van der Waals surface area contributed by atoms with Gasteiger partial charge < -0.3 is 30.1 Å². The summed E-state index contributed by atoms with van der Waals surface area (Å²) in [6.45, 7) is 1.00. The number of fused-ring (bicyclic) bond motifs is 1. The van der Waals surface area contributed by atoms with Gasteiger partial charge in [-0.2, -0.15) is 0 Å². The lowest BCUT2D eigenvalue weighted by atomic mass is 10.2. The highest BCUT2D eigenvalue weighted by molar-refractivity contribution is 7.99. The van der Waals surface area contributed by atoms with E-state index in [0.29, 0.717) is 57.9 Å². The molecule has 32 heavy (non-hydrogen) atoms. The molecule has 4 rings (SSSR count). The van der Waals surface area contributed by atoms with Crippen LogP contribution in [0.3, 0.4) is 0 Å². The molecule has 0 unspecified atom stereocenters. The molecular formula is C20H20ClN5O5S. The number of anilines is 1. The number of nitrogens with zero attached hydrogens (tertiary/aromatic N) is 3. The maximum Gasteiger partial charge on any atom is 0.234 e. The maximum absolute atomic E-state index is 12.4. The third kappa shape index (κ3) is 5.11. The number of hydrogen-bond acceptors (Lipinski definition) is 9. The van der Waals surface area contributed by atoms with Crippen LogP contribution in [-0.4, -0.2) is 46.9 Å². The molecule has 3 N–H and O–H groups in total. The van der Waals surface area contributed by atoms with E-state index in [4.69, 9.17) is 36.4 Å². The molecule has 2 aromatic carbocycles. The molecule has 1 amide bonds. The Hall–Kier alpha value is -3.31. The Labute approximate surface area is 192 Å². The molecule has 1 aliphatic rings. The topological polar surface area (TPSA) is 123 Å². The van der Waals surface area contributed by atoms with Gasteiger partial charge in [-0.25, -0.2) is 4.68 Å². The van der Waals surface area contributed by atoms with Gasteiger partial charge in [0, 0.05) is 18.2 Å². The van der Waals surface area contributed by atoms with E-state index in [1.807, 2.05) is 12.1 Å². The van der Waals surface area contributed by atoms with E-state index in [0.717, 1.165) is 11.8 Å². The number of benzene rings is 2. The Morgan fingerprint density at radius 2 is 1.97 bits per heavy atom. The molecule has 0 fully saturated rings. The van der Waals surface area contributed by atoms with E-state index in [2.05, 4.69) is 15.5 Å². The molecular weight excluding hydrogens is 458 g/mol. The number of thioether (sulfide) groups is 1. The number of rotatable bonds is 8. The van der Waals surface area contributed by atoms with Crippen molar-refractivity contribution in [2.75, 3.05) is 37.2 Å². The number of carbonyl (C=O) groups is 1. The van der Waals surface area contributed by atoms with E-state index in [-0.39, 0.29) is 18.3 Å². The van der Waals surface area contributed by atoms with E-state index in [1.165, 1.54) is 4.68 Å². The van der Waals surface area contributed by atoms with Gasteiger partial charge in [-0.05, 0) is 12.1 Å². The van der Waals surface area contributed by atoms with Gasteiger partial charge in [0.2, 0.25) is 11.1 Å². The molecule has 0 saturated carbocycles. The number of ether oxygens (including phenoxy) is 4. The highest BCUT2D eigenvalue weighted by Crippen LogP contribution is 2.38. The Bertz CT molecular complexity index is 1130. The summed E-state index contributed by atoms with van der Waals surface area (Å²) in [5, 5.41) is 11.5. The molecule has 0 aliphatic carbocycles. The quantitative estimate of drug-likeness (QED) is 0.372. The summed E-state index contributed by atoms with van der Waals surface area (Å²) in [5.41, 5.74) is 0.433. The predicted octanol–water partition coefficient (Wildman–Crippen LogP) is 2.73. The van der Waals surface area contributed by atoms with Crippen molar-refractivity contribution in [1.82, 2.24) is 14.9 Å². The second-order valence-electron chi connectivity index (χ2n) is 6.55. The summed E-state index contributed by atoms with van der Waals surface area (Å²) in [6, 6.07) is 10.4. The Kier molecular flexibility index (Phi) is 6.76. The number of nitrogen functional groups attached to an aromatic ring is 1. The third-order valence-electron chi connectivity index (χ3n) is 4.38. The summed E-state index contributed by atoms with van der Waals surface area (Å²) in [4.78, 5) is 12.4. The summed E-state index contributed by atoms with van der Waals surface area (Å²) in [6.07, 6.45) is 0. The highest BCUT2D eigenvalue weighted by Gasteiger charge is 2.18. The zero-order valence-corrected chi connectivity index (χ0v) is 18.6. The number of halogens is 1. The fourth-order valence-corrected chi connectivity index (χ4v) is 3.70. The van der Waals surface area contributed by atoms with Crippen LogP contribution in [0.4, 0.5) is 5.69 Å². The summed E-state index contributed by atoms with van der Waals surface area (Å²) in [5.74, 6) is 8.59. The van der Waals surface area contributed by atoms with Gasteiger partial charge in [-0.15, -0.1) is 10.2 Å². The van der Waals surface area contributed by atoms with E-state index >= 15 is 0 Å². The Morgan fingerprint density at radius 3 is 2.75 bits per heavy atom. The van der Waals surface area contributed by atoms with Gasteiger partial charge in [-0.1, -0.05) is 29.4 Å². The number of hydrogen-bond donors (Lipinski definition) is 2. The molecule has 168 valence electrons. The maximum atomic E-state index is 12.4. The zero-order valence-electron chi connectivity index (χ0n) is 17.0. The zero-order chi connectivity index (χ0) is 22.5. The van der Waals surface area contributed by atoms with Crippen LogP contribution >= 0.6 is 23.4 Å². The number of carbonyl (C=O) groups excluding carboxylic acids is 1. The van der Waals surface area contributed by atoms with Crippen molar-refractivity contribution < 1.29 is 23.7 Å². The number of nitrogens with one attached hydrogen (secondary N) is 1. The minimum Gasteiger partial charge on any atom is -0.497 e. The first-order valence-corrected chi connectivity index (χ1v) is 10.9. The van der Waals surface area contributed by atoms with Crippen molar-refractivity contribution in [3.05, 3.63) is 47.2 Å². The molecule has 12 heteroatoms. The van der Waals surface area contributed by atoms with E-state index < -0.39 is 0 Å². The van der Waals surface area contributed by atoms with Crippen LogP contribution in [0.15, 0.2) is 41.6 Å². The fourth-order valence-electron chi connectivity index (χ4n) is 2.82. The van der Waals surface area contributed by atoms with Crippen molar-refractivity contribution in [3.63, 3.8) is 0 Å². The van der Waals surface area contributed by atoms with Gasteiger partial charge in [0.25, 0.3) is 0 Å². The summed E-state index contributed by atoms with van der Waals surface area (Å²) in [7, 11) is 1.58. The summed E-state index contributed by atoms with van der Waals surface area (Å²) < 4.78 is 23.1. The average molecular weight is 478 g/mol. The highest BCUT2D eigenvalue weighted by atomic mass is 35.5. The third-order valence-corrected chi connectivity index (χ3v) is 5.64. The monoisotopic (exact) mass is 477 g/mol. The van der Waals surface area contributed by atoms with Crippen molar-refractivity contribution in [3.8, 4) is 23.0 Å². The van der Waals surface area contributed by atoms with Gasteiger partial charge >= 0.3 is 0 Å². The van der Waals surface area contributed by atoms with Gasteiger partial charge in [-0.3, -0.25) is 4.79 Å². The molecule has 1 aromatic heterocycles. The standard InChI is InChI=1S/C20H20ClN5O5S/c1-28-12-3-2-4-13(7-12)31-10-18-24-25-20(26(18)22)32-11-19(27)23-15-9-17-16(8-14(15)21)29-5-6-30-17/h2-4,7-9H,5-6,10-11,22H2,1H3,(H,23,27). The molecule has 3 aromatic rings. The van der Waals surface area contributed by atoms with Crippen molar-refractivity contribution in [2.45, 2.75) is 11.8 Å². The number of nitrogens with two attached hydrogens (primary N) is 1. The second kappa shape index (κ2) is 9.88. The van der Waals surface area contributed by atoms with Crippen molar-refractivity contribution in [2.24, 2.45) is 0 Å². The lowest BCUT2D eigenvalue weighted by molar-refractivity contribution is -0.113. The molecule has 0 bridgehead atoms. The first-order chi connectivity index (χ1) is 15.5. The summed E-state index contributed by atoms with van der Waals surface area (Å²) >= 11 is 7.37. The van der Waals surface area contributed by atoms with Gasteiger partial charge in [0.1, 0.15) is 31.3 Å². The number of amides is 1. The normalized spacial score (nSPS) is 12.3. The SMILES string of the molecule is COc1cccc(OCc2nnc(SCC(=O)Nc3cc4c(cc3Cl)OCCO4)n2N)c1. The molecule has 0 atom stereocenters. The Balaban J connectivity index is 1.32. The molecule has 1 aliphatic heterocycles. The van der Waals surface area contributed by atoms with Crippen molar-refractivity contribution >= 4 is 35.0 Å². The molecule has 0 radical (unpaired) electrons. The number of methoxy groups -OCH3 is 1. The lowest BCUT2D eigenvalue weighted by Crippen LogP contribution is -2.19. The largest absolute Gasteiger partial charge is 0.497 e. The van der Waals surface area contributed by atoms with E-state index in [1.54, 1.807) is 31.4 Å². The van der Waals surface area contributed by atoms with Gasteiger partial charge in [0.15, 0.2) is 17.3 Å². The molecule has 2 heterocycles. The fraction of sp³-hybridized carbons (Fsp3) is 0.250. The van der Waals surface area contributed by atoms with Crippen LogP contribution in [0, 0.1) is 0 Å².